The van der Waals surface area contributed by atoms with Crippen LogP contribution in [0.3, 0.4) is 0 Å². The van der Waals surface area contributed by atoms with Crippen molar-refractivity contribution in [2.75, 3.05) is 6.54 Å². The van der Waals surface area contributed by atoms with Crippen LogP contribution in [-0.2, 0) is 4.79 Å². The molecule has 0 spiro atoms. The molecule has 9 heavy (non-hydrogen) atoms. The van der Waals surface area contributed by atoms with Gasteiger partial charge in [-0.1, -0.05) is 12.2 Å². The molecule has 1 unspecified atom stereocenters. The average molecular weight is 125 g/mol. The van der Waals surface area contributed by atoms with Crippen LogP contribution in [0, 0.1) is 0 Å². The van der Waals surface area contributed by atoms with E-state index in [4.69, 9.17) is 5.73 Å². The van der Waals surface area contributed by atoms with Gasteiger partial charge in [0.05, 0.1) is 6.54 Å². The Labute approximate surface area is 52.5 Å². The molecule has 2 N–H and O–H groups in total. The van der Waals surface area contributed by atoms with Gasteiger partial charge in [0.1, 0.15) is 0 Å². The van der Waals surface area contributed by atoms with E-state index in [-0.39, 0.29) is 0 Å². The van der Waals surface area contributed by atoms with E-state index in [1.54, 1.807) is 12.2 Å². The van der Waals surface area contributed by atoms with E-state index < -0.39 is 11.9 Å². The number of azo groups is 1. The molecular formula is C5H7N3O. The largest absolute Gasteiger partial charge is 0.367 e. The molecule has 1 amide bonds. The summed E-state index contributed by atoms with van der Waals surface area (Å²) in [5.41, 5.74) is 4.92. The number of rotatable bonds is 1. The summed E-state index contributed by atoms with van der Waals surface area (Å²) in [6.45, 7) is 0.559. The first kappa shape index (κ1) is 5.94. The molecule has 0 aromatic rings. The van der Waals surface area contributed by atoms with Crippen LogP contribution in [0.15, 0.2) is 22.4 Å². The minimum atomic E-state index is -0.529. The zero-order chi connectivity index (χ0) is 6.69. The summed E-state index contributed by atoms with van der Waals surface area (Å²) in [6, 6.07) is -0.529. The minimum absolute atomic E-state index is 0.449. The number of primary amides is 1. The molecule has 1 atom stereocenters. The van der Waals surface area contributed by atoms with Crippen molar-refractivity contribution in [2.24, 2.45) is 16.0 Å². The molecule has 4 heteroatoms. The highest BCUT2D eigenvalue weighted by atomic mass is 16.1. The second kappa shape index (κ2) is 2.39. The number of amides is 1. The lowest BCUT2D eigenvalue weighted by molar-refractivity contribution is -0.118. The maximum Gasteiger partial charge on any atom is 0.248 e. The molecule has 0 fully saturated rings. The molecule has 0 aliphatic carbocycles. The van der Waals surface area contributed by atoms with Crippen LogP contribution >= 0.6 is 0 Å². The lowest BCUT2D eigenvalue weighted by Gasteiger charge is -2.02. The Kier molecular flexibility index (Phi) is 1.58. The van der Waals surface area contributed by atoms with Crippen molar-refractivity contribution in [1.82, 2.24) is 0 Å². The van der Waals surface area contributed by atoms with Crippen molar-refractivity contribution in [3.8, 4) is 0 Å². The first-order valence-corrected chi connectivity index (χ1v) is 2.63. The summed E-state index contributed by atoms with van der Waals surface area (Å²) in [5, 5.41) is 7.21. The van der Waals surface area contributed by atoms with Crippen molar-refractivity contribution in [1.29, 1.82) is 0 Å². The highest BCUT2D eigenvalue weighted by Crippen LogP contribution is 1.99. The van der Waals surface area contributed by atoms with E-state index in [0.29, 0.717) is 6.54 Å². The molecule has 0 saturated carbocycles. The lowest BCUT2D eigenvalue weighted by Crippen LogP contribution is -2.25. The molecule has 0 aromatic carbocycles. The van der Waals surface area contributed by atoms with E-state index >= 15 is 0 Å². The molecule has 1 aliphatic heterocycles. The highest BCUT2D eigenvalue weighted by molar-refractivity contribution is 5.82. The van der Waals surface area contributed by atoms with Gasteiger partial charge in [0.15, 0.2) is 6.04 Å². The molecule has 0 aromatic heterocycles. The normalized spacial score (nSPS) is 24.2. The van der Waals surface area contributed by atoms with Crippen LogP contribution in [0.1, 0.15) is 0 Å². The topological polar surface area (TPSA) is 67.8 Å². The van der Waals surface area contributed by atoms with E-state index in [9.17, 15) is 4.79 Å². The van der Waals surface area contributed by atoms with E-state index in [1.807, 2.05) is 0 Å². The van der Waals surface area contributed by atoms with E-state index in [2.05, 4.69) is 10.2 Å². The Balaban J connectivity index is 2.60. The fraction of sp³-hybridized carbons (Fsp3) is 0.400. The van der Waals surface area contributed by atoms with Crippen LogP contribution in [0.5, 0.6) is 0 Å². The number of nitrogens with zero attached hydrogens (tertiary/aromatic N) is 2. The van der Waals surface area contributed by atoms with Gasteiger partial charge in [0, 0.05) is 0 Å². The van der Waals surface area contributed by atoms with Gasteiger partial charge in [-0.3, -0.25) is 4.79 Å². The Bertz CT molecular complexity index is 161. The predicted octanol–water partition coefficient (Wildman–Crippen LogP) is -0.138. The maximum atomic E-state index is 10.4. The van der Waals surface area contributed by atoms with Gasteiger partial charge < -0.3 is 5.73 Å². The zero-order valence-electron chi connectivity index (χ0n) is 4.82. The van der Waals surface area contributed by atoms with Crippen molar-refractivity contribution in [2.45, 2.75) is 6.04 Å². The van der Waals surface area contributed by atoms with Crippen molar-refractivity contribution in [3.05, 3.63) is 12.2 Å². The Morgan fingerprint density at radius 1 is 1.78 bits per heavy atom. The predicted molar refractivity (Wildman–Crippen MR) is 31.8 cm³/mol. The van der Waals surface area contributed by atoms with Crippen LogP contribution in [0.25, 0.3) is 0 Å². The van der Waals surface area contributed by atoms with Crippen LogP contribution in [-0.4, -0.2) is 18.5 Å². The smallest absolute Gasteiger partial charge is 0.248 e. The summed E-state index contributed by atoms with van der Waals surface area (Å²) in [5.74, 6) is -0.449. The van der Waals surface area contributed by atoms with E-state index in [1.165, 1.54) is 0 Å². The average Bonchev–Trinajstić information content (AvgIpc) is 1.90. The summed E-state index contributed by atoms with van der Waals surface area (Å²) in [6.07, 6.45) is 3.41. The highest BCUT2D eigenvalue weighted by Gasteiger charge is 2.10. The molecule has 48 valence electrons. The third-order valence-electron chi connectivity index (χ3n) is 1.00. The SMILES string of the molecule is NC(=O)C1C=CCN=N1. The maximum absolute atomic E-state index is 10.4. The molecule has 1 heterocycles. The zero-order valence-corrected chi connectivity index (χ0v) is 4.82. The fourth-order valence-corrected chi connectivity index (χ4v) is 0.562. The molecule has 0 radical (unpaired) electrons. The van der Waals surface area contributed by atoms with Gasteiger partial charge in [-0.05, 0) is 0 Å². The Hall–Kier alpha value is -1.19. The first-order valence-electron chi connectivity index (χ1n) is 2.63. The summed E-state index contributed by atoms with van der Waals surface area (Å²) < 4.78 is 0. The molecule has 1 aliphatic rings. The van der Waals surface area contributed by atoms with Gasteiger partial charge in [-0.15, -0.1) is 0 Å². The first-order chi connectivity index (χ1) is 4.30. The van der Waals surface area contributed by atoms with Crippen LogP contribution in [0.4, 0.5) is 0 Å². The summed E-state index contributed by atoms with van der Waals surface area (Å²) >= 11 is 0. The number of carbonyl (C=O) groups is 1. The van der Waals surface area contributed by atoms with E-state index in [0.717, 1.165) is 0 Å². The molecule has 0 bridgehead atoms. The van der Waals surface area contributed by atoms with Gasteiger partial charge in [-0.25, -0.2) is 0 Å². The lowest BCUT2D eigenvalue weighted by atomic mass is 10.2. The van der Waals surface area contributed by atoms with Crippen molar-refractivity contribution < 1.29 is 4.79 Å². The summed E-state index contributed by atoms with van der Waals surface area (Å²) in [4.78, 5) is 10.4. The van der Waals surface area contributed by atoms with Gasteiger partial charge in [0.2, 0.25) is 5.91 Å². The van der Waals surface area contributed by atoms with Crippen molar-refractivity contribution >= 4 is 5.91 Å². The third-order valence-corrected chi connectivity index (χ3v) is 1.00. The number of carbonyl (C=O) groups excluding carboxylic acids is 1. The molecular weight excluding hydrogens is 118 g/mol. The number of hydrogen-bond donors (Lipinski definition) is 1. The van der Waals surface area contributed by atoms with Crippen LogP contribution < -0.4 is 5.73 Å². The Morgan fingerprint density at radius 3 is 2.89 bits per heavy atom. The molecule has 4 nitrogen and oxygen atoms in total. The number of nitrogens with two attached hydrogens (primary N) is 1. The monoisotopic (exact) mass is 125 g/mol. The quantitative estimate of drug-likeness (QED) is 0.487. The fourth-order valence-electron chi connectivity index (χ4n) is 0.562. The second-order valence-electron chi connectivity index (χ2n) is 1.71. The Morgan fingerprint density at radius 2 is 2.56 bits per heavy atom. The second-order valence-corrected chi connectivity index (χ2v) is 1.71. The molecule has 0 saturated heterocycles. The van der Waals surface area contributed by atoms with Crippen LogP contribution in [0.2, 0.25) is 0 Å². The third kappa shape index (κ3) is 1.35. The minimum Gasteiger partial charge on any atom is -0.367 e. The van der Waals surface area contributed by atoms with Gasteiger partial charge >= 0.3 is 0 Å². The van der Waals surface area contributed by atoms with Gasteiger partial charge in [-0.2, -0.15) is 10.2 Å². The standard InChI is InChI=1S/C5H7N3O/c6-5(9)4-2-1-3-7-8-4/h1-2,4H,3H2,(H2,6,9). The molecule has 1 rings (SSSR count). The number of hydrogen-bond acceptors (Lipinski definition) is 3. The van der Waals surface area contributed by atoms with Gasteiger partial charge in [0.25, 0.3) is 0 Å². The van der Waals surface area contributed by atoms with Crippen molar-refractivity contribution in [3.63, 3.8) is 0 Å². The summed E-state index contributed by atoms with van der Waals surface area (Å²) in [7, 11) is 0.